The van der Waals surface area contributed by atoms with Gasteiger partial charge in [0.2, 0.25) is 5.91 Å². The third-order valence-corrected chi connectivity index (χ3v) is 5.35. The van der Waals surface area contributed by atoms with E-state index < -0.39 is 5.91 Å². The SMILES string of the molecule is O=C(Cc1cccc(Br)c1)NCCN1C(=O)S/C(=C\c2ccc(F)cc2)C1=O. The van der Waals surface area contributed by atoms with E-state index in [0.717, 1.165) is 26.7 Å². The Morgan fingerprint density at radius 1 is 1.18 bits per heavy atom. The predicted molar refractivity (Wildman–Crippen MR) is 110 cm³/mol. The van der Waals surface area contributed by atoms with Crippen LogP contribution in [-0.4, -0.2) is 35.0 Å². The fraction of sp³-hybridized carbons (Fsp3) is 0.150. The molecular formula is C20H16BrFN2O3S. The van der Waals surface area contributed by atoms with E-state index in [-0.39, 0.29) is 41.4 Å². The van der Waals surface area contributed by atoms with Crippen molar-refractivity contribution in [3.63, 3.8) is 0 Å². The maximum absolute atomic E-state index is 13.0. The number of nitrogens with one attached hydrogen (secondary N) is 1. The summed E-state index contributed by atoms with van der Waals surface area (Å²) in [6, 6.07) is 13.1. The van der Waals surface area contributed by atoms with Gasteiger partial charge in [-0.3, -0.25) is 19.3 Å². The van der Waals surface area contributed by atoms with Crippen LogP contribution in [-0.2, 0) is 16.0 Å². The second kappa shape index (κ2) is 9.16. The van der Waals surface area contributed by atoms with E-state index in [9.17, 15) is 18.8 Å². The number of halogens is 2. The molecule has 0 aromatic heterocycles. The lowest BCUT2D eigenvalue weighted by atomic mass is 10.1. The number of hydrogen-bond donors (Lipinski definition) is 1. The molecule has 2 aromatic rings. The fourth-order valence-corrected chi connectivity index (χ4v) is 3.92. The lowest BCUT2D eigenvalue weighted by Crippen LogP contribution is -2.37. The van der Waals surface area contributed by atoms with Gasteiger partial charge in [-0.05, 0) is 53.2 Å². The highest BCUT2D eigenvalue weighted by atomic mass is 79.9. The van der Waals surface area contributed by atoms with Crippen LogP contribution in [0.25, 0.3) is 6.08 Å². The molecule has 0 bridgehead atoms. The Bertz CT molecular complexity index is 947. The molecule has 0 atom stereocenters. The molecule has 1 aliphatic heterocycles. The Balaban J connectivity index is 1.53. The number of benzene rings is 2. The highest BCUT2D eigenvalue weighted by Crippen LogP contribution is 2.31. The Hall–Kier alpha value is -2.45. The van der Waals surface area contributed by atoms with Crippen molar-refractivity contribution in [2.45, 2.75) is 6.42 Å². The average molecular weight is 463 g/mol. The normalized spacial score (nSPS) is 15.4. The quantitative estimate of drug-likeness (QED) is 0.659. The van der Waals surface area contributed by atoms with Crippen LogP contribution in [0, 0.1) is 5.82 Å². The zero-order valence-corrected chi connectivity index (χ0v) is 17.1. The molecule has 0 unspecified atom stereocenters. The van der Waals surface area contributed by atoms with Gasteiger partial charge in [0.15, 0.2) is 0 Å². The average Bonchev–Trinajstić information content (AvgIpc) is 2.91. The molecule has 0 saturated carbocycles. The maximum atomic E-state index is 13.0. The molecule has 0 aliphatic carbocycles. The molecular weight excluding hydrogens is 447 g/mol. The summed E-state index contributed by atoms with van der Waals surface area (Å²) in [5.41, 5.74) is 1.49. The first-order valence-corrected chi connectivity index (χ1v) is 10.1. The molecule has 0 radical (unpaired) electrons. The third kappa shape index (κ3) is 5.30. The molecule has 28 heavy (non-hydrogen) atoms. The van der Waals surface area contributed by atoms with Crippen LogP contribution in [0.1, 0.15) is 11.1 Å². The standard InChI is InChI=1S/C20H16BrFN2O3S/c21-15-3-1-2-14(10-15)12-18(25)23-8-9-24-19(26)17(28-20(24)27)11-13-4-6-16(22)7-5-13/h1-7,10-11H,8-9,12H2,(H,23,25)/b17-11-. The van der Waals surface area contributed by atoms with Crippen molar-refractivity contribution in [2.24, 2.45) is 0 Å². The molecule has 1 aliphatic rings. The molecule has 1 fully saturated rings. The van der Waals surface area contributed by atoms with Crippen LogP contribution in [0.2, 0.25) is 0 Å². The number of thioether (sulfide) groups is 1. The minimum Gasteiger partial charge on any atom is -0.354 e. The summed E-state index contributed by atoms with van der Waals surface area (Å²) in [6.07, 6.45) is 1.77. The Morgan fingerprint density at radius 3 is 2.64 bits per heavy atom. The van der Waals surface area contributed by atoms with Crippen molar-refractivity contribution in [3.05, 3.63) is 74.9 Å². The van der Waals surface area contributed by atoms with Crippen molar-refractivity contribution in [1.29, 1.82) is 0 Å². The van der Waals surface area contributed by atoms with Crippen LogP contribution in [0.3, 0.4) is 0 Å². The minimum absolute atomic E-state index is 0.0929. The number of carbonyl (C=O) groups excluding carboxylic acids is 3. The Kier molecular flexibility index (Phi) is 6.64. The first kappa shape index (κ1) is 20.3. The first-order valence-electron chi connectivity index (χ1n) is 8.44. The lowest BCUT2D eigenvalue weighted by molar-refractivity contribution is -0.124. The molecule has 1 N–H and O–H groups in total. The summed E-state index contributed by atoms with van der Waals surface area (Å²) in [5, 5.41) is 2.33. The molecule has 1 heterocycles. The van der Waals surface area contributed by atoms with Gasteiger partial charge in [-0.25, -0.2) is 4.39 Å². The number of imide groups is 1. The van der Waals surface area contributed by atoms with Crippen LogP contribution in [0.4, 0.5) is 9.18 Å². The number of carbonyl (C=O) groups is 3. The second-order valence-electron chi connectivity index (χ2n) is 6.04. The molecule has 0 spiro atoms. The predicted octanol–water partition coefficient (Wildman–Crippen LogP) is 3.98. The summed E-state index contributed by atoms with van der Waals surface area (Å²) in [6.45, 7) is 0.268. The van der Waals surface area contributed by atoms with Crippen molar-refractivity contribution >= 4 is 50.8 Å². The van der Waals surface area contributed by atoms with Gasteiger partial charge in [-0.2, -0.15) is 0 Å². The highest BCUT2D eigenvalue weighted by molar-refractivity contribution is 9.10. The van der Waals surface area contributed by atoms with Gasteiger partial charge in [0.1, 0.15) is 5.82 Å². The van der Waals surface area contributed by atoms with Gasteiger partial charge in [-0.1, -0.05) is 40.2 Å². The van der Waals surface area contributed by atoms with E-state index in [2.05, 4.69) is 21.2 Å². The lowest BCUT2D eigenvalue weighted by Gasteiger charge is -2.13. The van der Waals surface area contributed by atoms with E-state index in [1.54, 1.807) is 6.08 Å². The van der Waals surface area contributed by atoms with Crippen molar-refractivity contribution in [3.8, 4) is 0 Å². The fourth-order valence-electron chi connectivity index (χ4n) is 2.61. The summed E-state index contributed by atoms with van der Waals surface area (Å²) < 4.78 is 13.9. The smallest absolute Gasteiger partial charge is 0.293 e. The molecule has 3 rings (SSSR count). The van der Waals surface area contributed by atoms with Crippen LogP contribution < -0.4 is 5.32 Å². The second-order valence-corrected chi connectivity index (χ2v) is 7.95. The molecule has 8 heteroatoms. The van der Waals surface area contributed by atoms with Crippen molar-refractivity contribution in [1.82, 2.24) is 10.2 Å². The largest absolute Gasteiger partial charge is 0.354 e. The topological polar surface area (TPSA) is 66.5 Å². The summed E-state index contributed by atoms with van der Waals surface area (Å²) >= 11 is 4.19. The van der Waals surface area contributed by atoms with E-state index in [1.165, 1.54) is 24.3 Å². The van der Waals surface area contributed by atoms with Crippen LogP contribution in [0.15, 0.2) is 57.9 Å². The molecule has 1 saturated heterocycles. The summed E-state index contributed by atoms with van der Waals surface area (Å²) in [7, 11) is 0. The number of hydrogen-bond acceptors (Lipinski definition) is 4. The van der Waals surface area contributed by atoms with Crippen molar-refractivity contribution < 1.29 is 18.8 Å². The minimum atomic E-state index is -0.416. The zero-order valence-electron chi connectivity index (χ0n) is 14.7. The zero-order chi connectivity index (χ0) is 20.1. The van der Waals surface area contributed by atoms with E-state index in [4.69, 9.17) is 0 Å². The molecule has 3 amide bonds. The van der Waals surface area contributed by atoms with Gasteiger partial charge in [0, 0.05) is 17.6 Å². The monoisotopic (exact) mass is 462 g/mol. The van der Waals surface area contributed by atoms with Gasteiger partial charge in [-0.15, -0.1) is 0 Å². The van der Waals surface area contributed by atoms with E-state index >= 15 is 0 Å². The summed E-state index contributed by atoms with van der Waals surface area (Å²) in [5.74, 6) is -0.976. The molecule has 5 nitrogen and oxygen atoms in total. The van der Waals surface area contributed by atoms with Crippen LogP contribution in [0.5, 0.6) is 0 Å². The Morgan fingerprint density at radius 2 is 1.93 bits per heavy atom. The number of amides is 3. The number of nitrogens with zero attached hydrogens (tertiary/aromatic N) is 1. The highest BCUT2D eigenvalue weighted by Gasteiger charge is 2.34. The van der Waals surface area contributed by atoms with Crippen LogP contribution >= 0.6 is 27.7 Å². The van der Waals surface area contributed by atoms with Gasteiger partial charge in [0.25, 0.3) is 11.1 Å². The molecule has 144 valence electrons. The van der Waals surface area contributed by atoms with Gasteiger partial charge >= 0.3 is 0 Å². The van der Waals surface area contributed by atoms with Crippen molar-refractivity contribution in [2.75, 3.05) is 13.1 Å². The number of rotatable bonds is 6. The van der Waals surface area contributed by atoms with E-state index in [0.29, 0.717) is 5.56 Å². The summed E-state index contributed by atoms with van der Waals surface area (Å²) in [4.78, 5) is 37.9. The first-order chi connectivity index (χ1) is 13.4. The van der Waals surface area contributed by atoms with Gasteiger partial charge in [0.05, 0.1) is 11.3 Å². The molecule has 2 aromatic carbocycles. The van der Waals surface area contributed by atoms with E-state index in [1.807, 2.05) is 24.3 Å². The Labute approximate surface area is 174 Å². The van der Waals surface area contributed by atoms with Gasteiger partial charge < -0.3 is 5.32 Å². The third-order valence-electron chi connectivity index (χ3n) is 3.95. The maximum Gasteiger partial charge on any atom is 0.293 e.